The number of pyridine rings is 1. The van der Waals surface area contributed by atoms with Gasteiger partial charge in [-0.15, -0.1) is 12.4 Å². The molecule has 168 valence electrons. The molecule has 2 fully saturated rings. The van der Waals surface area contributed by atoms with Crippen LogP contribution in [0.15, 0.2) is 61.1 Å². The summed E-state index contributed by atoms with van der Waals surface area (Å²) in [5.41, 5.74) is 0.797. The van der Waals surface area contributed by atoms with Crippen LogP contribution in [0.2, 0.25) is 0 Å². The summed E-state index contributed by atoms with van der Waals surface area (Å²) in [4.78, 5) is 18.2. The van der Waals surface area contributed by atoms with Crippen LogP contribution in [0, 0.1) is 11.7 Å². The molecule has 3 heterocycles. The lowest BCUT2D eigenvalue weighted by molar-refractivity contribution is 0.0148. The zero-order valence-corrected chi connectivity index (χ0v) is 18.3. The Morgan fingerprint density at radius 2 is 1.97 bits per heavy atom. The first-order valence-corrected chi connectivity index (χ1v) is 10.6. The molecule has 0 unspecified atom stereocenters. The molecule has 7 nitrogen and oxygen atoms in total. The quantitative estimate of drug-likeness (QED) is 0.594. The van der Waals surface area contributed by atoms with Crippen molar-refractivity contribution in [3.63, 3.8) is 0 Å². The summed E-state index contributed by atoms with van der Waals surface area (Å²) >= 11 is 0. The standard InChI is InChI=1S/C23H24FN5O2.ClH/c24-19-5-1-2-6-20(19)29-13-9-21(27-29)26-14-17-7-10-23(11-8-17)16-28(22(30)31-23)18-4-3-12-25-15-18;/h1-6,9,12-13,15,17H,7-8,10-11,14,16H2,(H,26,27);1H/t17-,23+;. The lowest BCUT2D eigenvalue weighted by Crippen LogP contribution is -2.39. The average molecular weight is 458 g/mol. The molecule has 2 aliphatic rings. The molecule has 2 aromatic heterocycles. The molecule has 32 heavy (non-hydrogen) atoms. The number of anilines is 2. The minimum Gasteiger partial charge on any atom is -0.441 e. The van der Waals surface area contributed by atoms with Crippen LogP contribution in [0.25, 0.3) is 5.69 Å². The van der Waals surface area contributed by atoms with Gasteiger partial charge in [-0.2, -0.15) is 5.10 Å². The zero-order valence-electron chi connectivity index (χ0n) is 17.5. The molecule has 1 spiro atoms. The van der Waals surface area contributed by atoms with E-state index in [4.69, 9.17) is 4.74 Å². The van der Waals surface area contributed by atoms with Gasteiger partial charge in [-0.25, -0.2) is 13.9 Å². The van der Waals surface area contributed by atoms with E-state index in [1.165, 1.54) is 6.07 Å². The zero-order chi connectivity index (χ0) is 21.3. The normalized spacial score (nSPS) is 22.5. The van der Waals surface area contributed by atoms with Gasteiger partial charge < -0.3 is 10.1 Å². The molecule has 1 N–H and O–H groups in total. The first-order chi connectivity index (χ1) is 15.1. The van der Waals surface area contributed by atoms with E-state index in [0.717, 1.165) is 43.7 Å². The minimum absolute atomic E-state index is 0. The fraction of sp³-hybridized carbons (Fsp3) is 0.348. The van der Waals surface area contributed by atoms with E-state index in [-0.39, 0.29) is 24.3 Å². The first-order valence-electron chi connectivity index (χ1n) is 10.6. The Hall–Kier alpha value is -3.13. The number of ether oxygens (including phenoxy) is 1. The number of para-hydroxylation sites is 1. The molecule has 0 radical (unpaired) electrons. The van der Waals surface area contributed by atoms with Crippen LogP contribution >= 0.6 is 12.4 Å². The van der Waals surface area contributed by atoms with Gasteiger partial charge in [-0.1, -0.05) is 12.1 Å². The number of hydrogen-bond donors (Lipinski definition) is 1. The van der Waals surface area contributed by atoms with Crippen LogP contribution in [0.3, 0.4) is 0 Å². The van der Waals surface area contributed by atoms with Crippen molar-refractivity contribution in [2.45, 2.75) is 31.3 Å². The summed E-state index contributed by atoms with van der Waals surface area (Å²) in [6.07, 6.45) is 8.46. The monoisotopic (exact) mass is 457 g/mol. The molecule has 0 atom stereocenters. The van der Waals surface area contributed by atoms with E-state index in [2.05, 4.69) is 15.4 Å². The number of nitrogens with zero attached hydrogens (tertiary/aromatic N) is 4. The third kappa shape index (κ3) is 4.41. The lowest BCUT2D eigenvalue weighted by atomic mass is 9.78. The van der Waals surface area contributed by atoms with Gasteiger partial charge in [0.15, 0.2) is 0 Å². The molecule has 1 aliphatic heterocycles. The van der Waals surface area contributed by atoms with Crippen LogP contribution < -0.4 is 10.2 Å². The van der Waals surface area contributed by atoms with Gasteiger partial charge in [0.05, 0.1) is 18.4 Å². The Morgan fingerprint density at radius 1 is 1.16 bits per heavy atom. The van der Waals surface area contributed by atoms with Crippen molar-refractivity contribution in [1.82, 2.24) is 14.8 Å². The van der Waals surface area contributed by atoms with Crippen molar-refractivity contribution in [3.8, 4) is 5.69 Å². The summed E-state index contributed by atoms with van der Waals surface area (Å²) in [6.45, 7) is 1.36. The average Bonchev–Trinajstić information content (AvgIpc) is 3.39. The number of amides is 1. The fourth-order valence-electron chi connectivity index (χ4n) is 4.44. The Bertz CT molecular complexity index is 1070. The highest BCUT2D eigenvalue weighted by Gasteiger charge is 2.47. The summed E-state index contributed by atoms with van der Waals surface area (Å²) in [7, 11) is 0. The number of halogens is 2. The molecule has 1 aliphatic carbocycles. The maximum Gasteiger partial charge on any atom is 0.415 e. The Balaban J connectivity index is 0.00000245. The van der Waals surface area contributed by atoms with E-state index in [1.807, 2.05) is 18.2 Å². The first kappa shape index (κ1) is 22.1. The molecule has 9 heteroatoms. The van der Waals surface area contributed by atoms with E-state index in [9.17, 15) is 9.18 Å². The van der Waals surface area contributed by atoms with Crippen molar-refractivity contribution in [1.29, 1.82) is 0 Å². The van der Waals surface area contributed by atoms with Gasteiger partial charge in [0, 0.05) is 25.0 Å². The number of hydrogen-bond acceptors (Lipinski definition) is 5. The topological polar surface area (TPSA) is 72.3 Å². The van der Waals surface area contributed by atoms with Gasteiger partial charge in [0.25, 0.3) is 0 Å². The van der Waals surface area contributed by atoms with Crippen LogP contribution in [0.1, 0.15) is 25.7 Å². The highest BCUT2D eigenvalue weighted by atomic mass is 35.5. The summed E-state index contributed by atoms with van der Waals surface area (Å²) in [6, 6.07) is 12.1. The lowest BCUT2D eigenvalue weighted by Gasteiger charge is -2.35. The molecule has 0 bridgehead atoms. The highest BCUT2D eigenvalue weighted by molar-refractivity contribution is 5.90. The number of aromatic nitrogens is 3. The smallest absolute Gasteiger partial charge is 0.415 e. The van der Waals surface area contributed by atoms with E-state index < -0.39 is 5.60 Å². The second-order valence-corrected chi connectivity index (χ2v) is 8.27. The molecule has 1 saturated heterocycles. The predicted octanol–water partition coefficient (Wildman–Crippen LogP) is 4.83. The number of benzene rings is 1. The van der Waals surface area contributed by atoms with Crippen LogP contribution in [0.5, 0.6) is 0 Å². The van der Waals surface area contributed by atoms with Gasteiger partial charge in [0.2, 0.25) is 0 Å². The highest BCUT2D eigenvalue weighted by Crippen LogP contribution is 2.40. The van der Waals surface area contributed by atoms with E-state index >= 15 is 0 Å². The van der Waals surface area contributed by atoms with Crippen LogP contribution in [0.4, 0.5) is 20.7 Å². The number of carbonyl (C=O) groups excluding carboxylic acids is 1. The molecule has 1 amide bonds. The Morgan fingerprint density at radius 3 is 2.72 bits per heavy atom. The minimum atomic E-state index is -0.407. The SMILES string of the molecule is Cl.O=C1O[C@]2(CC[C@@H](CNc3ccn(-c4ccccc4F)n3)CC2)CN1c1cccnc1. The second kappa shape index (κ2) is 9.16. The third-order valence-electron chi connectivity index (χ3n) is 6.20. The largest absolute Gasteiger partial charge is 0.441 e. The van der Waals surface area contributed by atoms with Gasteiger partial charge in [-0.05, 0) is 55.9 Å². The maximum absolute atomic E-state index is 13.9. The molecule has 3 aromatic rings. The van der Waals surface area contributed by atoms with E-state index in [1.54, 1.807) is 46.4 Å². The Labute approximate surface area is 192 Å². The Kier molecular flexibility index (Phi) is 6.32. The third-order valence-corrected chi connectivity index (χ3v) is 6.20. The molecule has 1 aromatic carbocycles. The van der Waals surface area contributed by atoms with Crippen molar-refractivity contribution >= 4 is 30.0 Å². The summed E-state index contributed by atoms with van der Waals surface area (Å²) in [5.74, 6) is 0.884. The maximum atomic E-state index is 13.9. The van der Waals surface area contributed by atoms with Gasteiger partial charge >= 0.3 is 6.09 Å². The molecule has 5 rings (SSSR count). The van der Waals surface area contributed by atoms with E-state index in [0.29, 0.717) is 18.2 Å². The van der Waals surface area contributed by atoms with Crippen molar-refractivity contribution in [2.24, 2.45) is 5.92 Å². The summed E-state index contributed by atoms with van der Waals surface area (Å²) < 4.78 is 21.3. The van der Waals surface area contributed by atoms with Crippen molar-refractivity contribution < 1.29 is 13.9 Å². The predicted molar refractivity (Wildman–Crippen MR) is 122 cm³/mol. The van der Waals surface area contributed by atoms with Gasteiger partial charge in [0.1, 0.15) is 22.9 Å². The van der Waals surface area contributed by atoms with Gasteiger partial charge in [-0.3, -0.25) is 9.88 Å². The number of rotatable bonds is 5. The van der Waals surface area contributed by atoms with Crippen molar-refractivity contribution in [3.05, 3.63) is 66.9 Å². The second-order valence-electron chi connectivity index (χ2n) is 8.27. The molecular formula is C23H25ClFN5O2. The number of carbonyl (C=O) groups is 1. The van der Waals surface area contributed by atoms with Crippen molar-refractivity contribution in [2.75, 3.05) is 23.3 Å². The molecule has 1 saturated carbocycles. The van der Waals surface area contributed by atoms with Crippen LogP contribution in [-0.4, -0.2) is 39.5 Å². The van der Waals surface area contributed by atoms with Crippen LogP contribution in [-0.2, 0) is 4.74 Å². The fourth-order valence-corrected chi connectivity index (χ4v) is 4.44. The molecular weight excluding hydrogens is 433 g/mol. The number of nitrogens with one attached hydrogen (secondary N) is 1. The summed E-state index contributed by atoms with van der Waals surface area (Å²) in [5, 5.41) is 7.80.